The van der Waals surface area contributed by atoms with Gasteiger partial charge in [0.25, 0.3) is 0 Å². The maximum atomic E-state index is 14.9. The van der Waals surface area contributed by atoms with E-state index in [1.165, 1.54) is 33.4 Å². The second-order valence-corrected chi connectivity index (χ2v) is 14.2. The highest BCUT2D eigenvalue weighted by atomic mass is 31.2. The van der Waals surface area contributed by atoms with Crippen LogP contribution in [0.5, 0.6) is 0 Å². The van der Waals surface area contributed by atoms with Crippen LogP contribution in [-0.2, 0) is 18.1 Å². The van der Waals surface area contributed by atoms with E-state index in [-0.39, 0.29) is 37.6 Å². The minimum Gasteiger partial charge on any atom is -0.286 e. The molecular weight excluding hydrogens is 599 g/mol. The van der Waals surface area contributed by atoms with Crippen LogP contribution in [-0.4, -0.2) is 19.8 Å². The third-order valence-corrected chi connectivity index (χ3v) is 11.5. The molecule has 0 atom stereocenters. The Morgan fingerprint density at radius 2 is 0.532 bits per heavy atom. The first-order valence-electron chi connectivity index (χ1n) is 16.3. The van der Waals surface area contributed by atoms with Gasteiger partial charge < -0.3 is 0 Å². The van der Waals surface area contributed by atoms with E-state index in [2.05, 4.69) is 109 Å². The third kappa shape index (κ3) is 4.83. The number of phosphoric ester groups is 1. The summed E-state index contributed by atoms with van der Waals surface area (Å²) in [6.07, 6.45) is 0. The molecule has 0 spiro atoms. The van der Waals surface area contributed by atoms with Crippen LogP contribution in [0.2, 0.25) is 0 Å². The molecule has 9 rings (SSSR count). The van der Waals surface area contributed by atoms with E-state index < -0.39 is 7.82 Å². The van der Waals surface area contributed by atoms with Crippen LogP contribution in [0.4, 0.5) is 0 Å². The molecule has 47 heavy (non-hydrogen) atoms. The van der Waals surface area contributed by atoms with Crippen molar-refractivity contribution >= 4 is 7.82 Å². The van der Waals surface area contributed by atoms with E-state index in [4.69, 9.17) is 13.6 Å². The highest BCUT2D eigenvalue weighted by Crippen LogP contribution is 2.56. The molecular formula is C42H33O4P. The van der Waals surface area contributed by atoms with E-state index in [1.807, 2.05) is 36.4 Å². The van der Waals surface area contributed by atoms with Gasteiger partial charge in [-0.25, -0.2) is 4.57 Å². The largest absolute Gasteiger partial charge is 0.474 e. The quantitative estimate of drug-likeness (QED) is 0.149. The van der Waals surface area contributed by atoms with Crippen molar-refractivity contribution in [3.63, 3.8) is 0 Å². The Bertz CT molecular complexity index is 1810. The van der Waals surface area contributed by atoms with Crippen LogP contribution in [0.1, 0.15) is 51.1 Å². The van der Waals surface area contributed by atoms with Crippen molar-refractivity contribution < 1.29 is 18.1 Å². The van der Waals surface area contributed by atoms with Gasteiger partial charge in [0.2, 0.25) is 0 Å². The molecule has 5 heteroatoms. The van der Waals surface area contributed by atoms with Crippen molar-refractivity contribution in [2.75, 3.05) is 19.8 Å². The average molecular weight is 633 g/mol. The van der Waals surface area contributed by atoms with Crippen LogP contribution in [0, 0.1) is 0 Å². The van der Waals surface area contributed by atoms with Gasteiger partial charge in [0.05, 0.1) is 19.8 Å². The number of benzene rings is 6. The molecule has 0 saturated carbocycles. The molecule has 0 heterocycles. The molecule has 0 bridgehead atoms. The maximum absolute atomic E-state index is 14.9. The molecule has 6 aromatic rings. The Balaban J connectivity index is 1.03. The van der Waals surface area contributed by atoms with Gasteiger partial charge >= 0.3 is 7.82 Å². The summed E-state index contributed by atoms with van der Waals surface area (Å²) < 4.78 is 34.1. The van der Waals surface area contributed by atoms with Gasteiger partial charge in [-0.15, -0.1) is 0 Å². The average Bonchev–Trinajstić information content (AvgIpc) is 3.75. The van der Waals surface area contributed by atoms with Crippen molar-refractivity contribution in [3.05, 3.63) is 179 Å². The Morgan fingerprint density at radius 1 is 0.340 bits per heavy atom. The van der Waals surface area contributed by atoms with Crippen LogP contribution in [0.15, 0.2) is 146 Å². The Kier molecular flexibility index (Phi) is 7.06. The first-order valence-corrected chi connectivity index (χ1v) is 17.7. The molecule has 0 aromatic heterocycles. The summed E-state index contributed by atoms with van der Waals surface area (Å²) in [5.74, 6) is -0.239. The summed E-state index contributed by atoms with van der Waals surface area (Å²) in [5.41, 5.74) is 14.1. The third-order valence-electron chi connectivity index (χ3n) is 10.1. The number of fused-ring (bicyclic) bond motifs is 9. The zero-order valence-electron chi connectivity index (χ0n) is 25.8. The lowest BCUT2D eigenvalue weighted by Gasteiger charge is -2.24. The van der Waals surface area contributed by atoms with Crippen LogP contribution in [0.3, 0.4) is 0 Å². The molecule has 0 radical (unpaired) electrons. The first kappa shape index (κ1) is 28.6. The molecule has 0 fully saturated rings. The second-order valence-electron chi connectivity index (χ2n) is 12.5. The minimum absolute atomic E-state index is 0.0798. The van der Waals surface area contributed by atoms with E-state index >= 15 is 0 Å². The fraction of sp³-hybridized carbons (Fsp3) is 0.143. The van der Waals surface area contributed by atoms with E-state index in [0.29, 0.717) is 0 Å². The molecule has 0 amide bonds. The summed E-state index contributed by atoms with van der Waals surface area (Å²) in [6, 6.07) is 50.3. The number of phosphoric acid groups is 1. The van der Waals surface area contributed by atoms with Gasteiger partial charge in [-0.1, -0.05) is 146 Å². The molecule has 230 valence electrons. The summed E-state index contributed by atoms with van der Waals surface area (Å²) >= 11 is 0. The van der Waals surface area contributed by atoms with Crippen LogP contribution >= 0.6 is 7.82 Å². The Hall–Kier alpha value is -4.57. The second kappa shape index (κ2) is 11.6. The molecule has 0 unspecified atom stereocenters. The summed E-state index contributed by atoms with van der Waals surface area (Å²) in [7, 11) is -4.05. The highest BCUT2D eigenvalue weighted by Gasteiger charge is 2.38. The van der Waals surface area contributed by atoms with Gasteiger partial charge in [0, 0.05) is 17.8 Å². The SMILES string of the molecule is O=P(OCC1c2ccccc2-c2ccccc21)(OCC1c2ccccc2-c2ccccc21)OCC1c2ccccc2-c2ccccc21. The predicted molar refractivity (Wildman–Crippen MR) is 187 cm³/mol. The monoisotopic (exact) mass is 632 g/mol. The van der Waals surface area contributed by atoms with Crippen LogP contribution in [0.25, 0.3) is 33.4 Å². The van der Waals surface area contributed by atoms with Gasteiger partial charge in [-0.3, -0.25) is 13.6 Å². The zero-order valence-corrected chi connectivity index (χ0v) is 26.7. The van der Waals surface area contributed by atoms with Gasteiger partial charge in [-0.2, -0.15) is 0 Å². The number of hydrogen-bond donors (Lipinski definition) is 0. The lowest BCUT2D eigenvalue weighted by atomic mass is 9.98. The molecule has 0 N–H and O–H groups in total. The smallest absolute Gasteiger partial charge is 0.286 e. The van der Waals surface area contributed by atoms with Crippen molar-refractivity contribution in [2.24, 2.45) is 0 Å². The summed E-state index contributed by atoms with van der Waals surface area (Å²) in [6.45, 7) is 0.545. The minimum atomic E-state index is -4.05. The van der Waals surface area contributed by atoms with Crippen molar-refractivity contribution in [1.82, 2.24) is 0 Å². The zero-order chi connectivity index (χ0) is 31.4. The molecule has 0 saturated heterocycles. The van der Waals surface area contributed by atoms with Gasteiger partial charge in [-0.05, 0) is 66.8 Å². The van der Waals surface area contributed by atoms with Gasteiger partial charge in [0.15, 0.2) is 0 Å². The fourth-order valence-corrected chi connectivity index (χ4v) is 9.15. The van der Waals surface area contributed by atoms with Gasteiger partial charge in [0.1, 0.15) is 0 Å². The molecule has 4 nitrogen and oxygen atoms in total. The lowest BCUT2D eigenvalue weighted by Crippen LogP contribution is -2.14. The molecule has 6 aromatic carbocycles. The molecule has 3 aliphatic rings. The van der Waals surface area contributed by atoms with Crippen LogP contribution < -0.4 is 0 Å². The summed E-state index contributed by atoms with van der Waals surface area (Å²) in [5, 5.41) is 0. The van der Waals surface area contributed by atoms with Crippen molar-refractivity contribution in [2.45, 2.75) is 17.8 Å². The fourth-order valence-electron chi connectivity index (χ4n) is 7.93. The standard InChI is InChI=1S/C42H33O4P/c43-47(44-25-40-34-19-7-1-13-28(34)29-14-2-8-20-35(29)40,45-26-41-36-21-9-3-15-30(36)31-16-4-10-22-37(31)41)46-27-42-38-23-11-5-17-32(38)33-18-6-12-24-39(33)42/h1-24,40-42H,25-27H2. The molecule has 3 aliphatic carbocycles. The lowest BCUT2D eigenvalue weighted by molar-refractivity contribution is 0.106. The van der Waals surface area contributed by atoms with E-state index in [1.54, 1.807) is 0 Å². The van der Waals surface area contributed by atoms with E-state index in [0.717, 1.165) is 33.4 Å². The van der Waals surface area contributed by atoms with Crippen molar-refractivity contribution in [1.29, 1.82) is 0 Å². The predicted octanol–water partition coefficient (Wildman–Crippen LogP) is 10.6. The molecule has 0 aliphatic heterocycles. The Morgan fingerprint density at radius 3 is 0.745 bits per heavy atom. The highest BCUT2D eigenvalue weighted by molar-refractivity contribution is 7.48. The topological polar surface area (TPSA) is 44.8 Å². The Labute approximate surface area is 275 Å². The van der Waals surface area contributed by atoms with Crippen molar-refractivity contribution in [3.8, 4) is 33.4 Å². The summed E-state index contributed by atoms with van der Waals surface area (Å²) in [4.78, 5) is 0. The normalized spacial score (nSPS) is 14.7. The first-order chi connectivity index (χ1) is 23.2. The number of hydrogen-bond acceptors (Lipinski definition) is 4. The maximum Gasteiger partial charge on any atom is 0.474 e. The number of rotatable bonds is 9. The van der Waals surface area contributed by atoms with E-state index in [9.17, 15) is 4.57 Å².